The van der Waals surface area contributed by atoms with Gasteiger partial charge in [0.05, 0.1) is 0 Å². The third-order valence-corrected chi connectivity index (χ3v) is 6.25. The average molecular weight is 423 g/mol. The highest BCUT2D eigenvalue weighted by atomic mass is 16.4. The first-order valence-corrected chi connectivity index (χ1v) is 11.2. The van der Waals surface area contributed by atoms with E-state index < -0.39 is 11.5 Å². The first kappa shape index (κ1) is 23.0. The van der Waals surface area contributed by atoms with Gasteiger partial charge in [-0.05, 0) is 75.3 Å². The Labute approximate surface area is 185 Å². The van der Waals surface area contributed by atoms with Gasteiger partial charge in [0.15, 0.2) is 0 Å². The Morgan fingerprint density at radius 3 is 2.03 bits per heavy atom. The summed E-state index contributed by atoms with van der Waals surface area (Å²) in [6.45, 7) is 7.65. The molecule has 5 nitrogen and oxygen atoms in total. The maximum Gasteiger partial charge on any atom is 0.328 e. The molecule has 31 heavy (non-hydrogen) atoms. The molecule has 0 radical (unpaired) electrons. The third-order valence-electron chi connectivity index (χ3n) is 6.25. The number of nitrogens with one attached hydrogen (secondary N) is 1. The predicted molar refractivity (Wildman–Crippen MR) is 124 cm³/mol. The van der Waals surface area contributed by atoms with Crippen LogP contribution in [0.1, 0.15) is 51.2 Å². The first-order valence-electron chi connectivity index (χ1n) is 11.2. The average Bonchev–Trinajstić information content (AvgIpc) is 3.16. The predicted octanol–water partition coefficient (Wildman–Crippen LogP) is 4.29. The fraction of sp³-hybridized carbons (Fsp3) is 0.462. The van der Waals surface area contributed by atoms with Crippen LogP contribution in [-0.2, 0) is 22.4 Å². The number of carbonyl (C=O) groups is 2. The molecule has 2 aromatic rings. The molecule has 0 bridgehead atoms. The number of benzene rings is 2. The summed E-state index contributed by atoms with van der Waals surface area (Å²) in [5.74, 6) is -1.29. The minimum Gasteiger partial charge on any atom is -0.480 e. The summed E-state index contributed by atoms with van der Waals surface area (Å²) in [5, 5.41) is 11.7. The van der Waals surface area contributed by atoms with Crippen LogP contribution < -0.4 is 5.32 Å². The van der Waals surface area contributed by atoms with Crippen molar-refractivity contribution in [3.8, 4) is 11.1 Å². The number of carboxylic acid groups (broad SMARTS) is 1. The van der Waals surface area contributed by atoms with Gasteiger partial charge in [-0.15, -0.1) is 0 Å². The van der Waals surface area contributed by atoms with Gasteiger partial charge in [-0.25, -0.2) is 4.79 Å². The molecule has 166 valence electrons. The molecule has 1 saturated heterocycles. The molecule has 0 saturated carbocycles. The van der Waals surface area contributed by atoms with Gasteiger partial charge in [0.1, 0.15) is 5.54 Å². The number of amides is 1. The van der Waals surface area contributed by atoms with E-state index in [2.05, 4.69) is 53.5 Å². The number of likely N-dealkylation sites (tertiary alicyclic amines) is 1. The SMILES string of the molecule is C[C@@H]1CCCN1CCc1ccc(-c2ccc(CCC(=O)NC(C)(C)C(=O)O)cc2)cc1. The van der Waals surface area contributed by atoms with Crippen molar-refractivity contribution in [3.05, 3.63) is 59.7 Å². The van der Waals surface area contributed by atoms with Crippen LogP contribution in [0.3, 0.4) is 0 Å². The third kappa shape index (κ3) is 6.41. The molecule has 1 aliphatic rings. The number of aryl methyl sites for hydroxylation is 1. The van der Waals surface area contributed by atoms with Crippen molar-refractivity contribution in [3.63, 3.8) is 0 Å². The van der Waals surface area contributed by atoms with Crippen LogP contribution in [0.15, 0.2) is 48.5 Å². The minimum atomic E-state index is -1.25. The minimum absolute atomic E-state index is 0.254. The van der Waals surface area contributed by atoms with Gasteiger partial charge in [0.25, 0.3) is 0 Å². The van der Waals surface area contributed by atoms with Crippen LogP contribution in [0.2, 0.25) is 0 Å². The Balaban J connectivity index is 1.50. The lowest BCUT2D eigenvalue weighted by molar-refractivity contribution is -0.146. The molecule has 0 aromatic heterocycles. The quantitative estimate of drug-likeness (QED) is 0.632. The molecule has 2 aromatic carbocycles. The van der Waals surface area contributed by atoms with Gasteiger partial charge in [-0.1, -0.05) is 48.5 Å². The normalized spacial score (nSPS) is 16.9. The molecule has 1 atom stereocenters. The maximum atomic E-state index is 12.0. The second-order valence-electron chi connectivity index (χ2n) is 9.15. The molecule has 0 aliphatic carbocycles. The van der Waals surface area contributed by atoms with Crippen LogP contribution in [0.5, 0.6) is 0 Å². The van der Waals surface area contributed by atoms with Crippen LogP contribution in [0.4, 0.5) is 0 Å². The van der Waals surface area contributed by atoms with E-state index in [0.717, 1.165) is 24.1 Å². The molecular formula is C26H34N2O3. The van der Waals surface area contributed by atoms with Crippen molar-refractivity contribution in [2.45, 2.75) is 64.5 Å². The Morgan fingerprint density at radius 2 is 1.55 bits per heavy atom. The summed E-state index contributed by atoms with van der Waals surface area (Å²) < 4.78 is 0. The highest BCUT2D eigenvalue weighted by Gasteiger charge is 2.28. The lowest BCUT2D eigenvalue weighted by Crippen LogP contribution is -2.49. The molecular weight excluding hydrogens is 388 g/mol. The number of aliphatic carboxylic acids is 1. The zero-order chi connectivity index (χ0) is 22.4. The molecule has 1 heterocycles. The highest BCUT2D eigenvalue weighted by molar-refractivity contribution is 5.86. The topological polar surface area (TPSA) is 69.6 Å². The fourth-order valence-electron chi connectivity index (χ4n) is 4.05. The second-order valence-corrected chi connectivity index (χ2v) is 9.15. The van der Waals surface area contributed by atoms with Gasteiger partial charge < -0.3 is 15.3 Å². The van der Waals surface area contributed by atoms with Gasteiger partial charge in [0, 0.05) is 19.0 Å². The summed E-state index contributed by atoms with van der Waals surface area (Å²) in [6.07, 6.45) is 4.57. The van der Waals surface area contributed by atoms with Crippen molar-refractivity contribution in [1.29, 1.82) is 0 Å². The summed E-state index contributed by atoms with van der Waals surface area (Å²) in [7, 11) is 0. The molecule has 0 spiro atoms. The molecule has 1 aliphatic heterocycles. The summed E-state index contributed by atoms with van der Waals surface area (Å²) >= 11 is 0. The van der Waals surface area contributed by atoms with Gasteiger partial charge in [-0.2, -0.15) is 0 Å². The Morgan fingerprint density at radius 1 is 1.00 bits per heavy atom. The van der Waals surface area contributed by atoms with E-state index in [1.807, 2.05) is 12.1 Å². The summed E-state index contributed by atoms with van der Waals surface area (Å²) in [6, 6.07) is 17.7. The Bertz CT molecular complexity index is 888. The van der Waals surface area contributed by atoms with E-state index in [0.29, 0.717) is 12.5 Å². The molecule has 0 unspecified atom stereocenters. The number of hydrogen-bond donors (Lipinski definition) is 2. The van der Waals surface area contributed by atoms with Crippen LogP contribution in [-0.4, -0.2) is 46.6 Å². The number of nitrogens with zero attached hydrogens (tertiary/aromatic N) is 1. The Kier molecular flexibility index (Phi) is 7.50. The van der Waals surface area contributed by atoms with Gasteiger partial charge in [0.2, 0.25) is 5.91 Å². The van der Waals surface area contributed by atoms with E-state index >= 15 is 0 Å². The van der Waals surface area contributed by atoms with Crippen molar-refractivity contribution in [2.75, 3.05) is 13.1 Å². The fourth-order valence-corrected chi connectivity index (χ4v) is 4.05. The molecule has 1 amide bonds. The molecule has 5 heteroatoms. The van der Waals surface area contributed by atoms with Crippen LogP contribution >= 0.6 is 0 Å². The van der Waals surface area contributed by atoms with Gasteiger partial charge >= 0.3 is 5.97 Å². The van der Waals surface area contributed by atoms with Crippen LogP contribution in [0, 0.1) is 0 Å². The smallest absolute Gasteiger partial charge is 0.328 e. The second kappa shape index (κ2) is 10.1. The number of hydrogen-bond acceptors (Lipinski definition) is 3. The van der Waals surface area contributed by atoms with E-state index in [4.69, 9.17) is 5.11 Å². The van der Waals surface area contributed by atoms with Crippen molar-refractivity contribution >= 4 is 11.9 Å². The number of carboxylic acids is 1. The molecule has 3 rings (SSSR count). The summed E-state index contributed by atoms with van der Waals surface area (Å²) in [4.78, 5) is 25.7. The van der Waals surface area contributed by atoms with Crippen molar-refractivity contribution in [2.24, 2.45) is 0 Å². The largest absolute Gasteiger partial charge is 0.480 e. The standard InChI is InChI=1S/C26H34N2O3/c1-19-5-4-17-28(19)18-16-21-8-13-23(14-9-21)22-11-6-20(7-12-22)10-15-24(29)27-26(2,3)25(30)31/h6-9,11-14,19H,4-5,10,15-18H2,1-3H3,(H,27,29)(H,30,31)/t19-/m1/s1. The first-order chi connectivity index (χ1) is 14.7. The highest BCUT2D eigenvalue weighted by Crippen LogP contribution is 2.22. The van der Waals surface area contributed by atoms with Crippen molar-refractivity contribution < 1.29 is 14.7 Å². The maximum absolute atomic E-state index is 12.0. The van der Waals surface area contributed by atoms with Crippen LogP contribution in [0.25, 0.3) is 11.1 Å². The number of rotatable bonds is 9. The molecule has 1 fully saturated rings. The lowest BCUT2D eigenvalue weighted by Gasteiger charge is -2.21. The summed E-state index contributed by atoms with van der Waals surface area (Å²) in [5.41, 5.74) is 3.52. The Hall–Kier alpha value is -2.66. The van der Waals surface area contributed by atoms with Crippen molar-refractivity contribution in [1.82, 2.24) is 10.2 Å². The van der Waals surface area contributed by atoms with E-state index in [1.165, 1.54) is 44.4 Å². The van der Waals surface area contributed by atoms with E-state index in [9.17, 15) is 9.59 Å². The zero-order valence-corrected chi connectivity index (χ0v) is 18.9. The van der Waals surface area contributed by atoms with Gasteiger partial charge in [-0.3, -0.25) is 4.79 Å². The lowest BCUT2D eigenvalue weighted by atomic mass is 10.00. The number of carbonyl (C=O) groups excluding carboxylic acids is 1. The van der Waals surface area contributed by atoms with E-state index in [-0.39, 0.29) is 12.3 Å². The molecule has 2 N–H and O–H groups in total. The van der Waals surface area contributed by atoms with E-state index in [1.54, 1.807) is 0 Å². The monoisotopic (exact) mass is 422 g/mol. The zero-order valence-electron chi connectivity index (χ0n) is 18.9.